The van der Waals surface area contributed by atoms with Crippen LogP contribution >= 0.6 is 0 Å². The second-order valence-electron chi connectivity index (χ2n) is 6.35. The second-order valence-corrected chi connectivity index (χ2v) is 8.26. The Bertz CT molecular complexity index is 889. The van der Waals surface area contributed by atoms with Gasteiger partial charge in [0.1, 0.15) is 5.82 Å². The Hall–Kier alpha value is -2.25. The molecule has 1 fully saturated rings. The molecule has 1 aliphatic rings. The molecule has 0 saturated carbocycles. The van der Waals surface area contributed by atoms with E-state index in [1.165, 1.54) is 16.4 Å². The highest BCUT2D eigenvalue weighted by molar-refractivity contribution is 7.89. The number of piperazine rings is 1. The molecule has 138 valence electrons. The molecule has 1 amide bonds. The topological polar surface area (TPSA) is 57.7 Å². The van der Waals surface area contributed by atoms with Crippen molar-refractivity contribution in [1.29, 1.82) is 0 Å². The second kappa shape index (κ2) is 7.55. The van der Waals surface area contributed by atoms with Crippen LogP contribution < -0.4 is 0 Å². The number of carbonyl (C=O) groups excluding carboxylic acids is 1. The molecule has 2 aromatic rings. The third-order valence-electron chi connectivity index (χ3n) is 4.57. The summed E-state index contributed by atoms with van der Waals surface area (Å²) in [5.74, 6) is -0.416. The highest BCUT2D eigenvalue weighted by atomic mass is 32.2. The molecule has 5 nitrogen and oxygen atoms in total. The molecule has 2 aromatic carbocycles. The predicted molar refractivity (Wildman–Crippen MR) is 96.6 cm³/mol. The summed E-state index contributed by atoms with van der Waals surface area (Å²) in [5, 5.41) is 0. The van der Waals surface area contributed by atoms with Gasteiger partial charge in [-0.15, -0.1) is 0 Å². The molecule has 0 radical (unpaired) electrons. The van der Waals surface area contributed by atoms with Crippen molar-refractivity contribution in [3.8, 4) is 0 Å². The first-order valence-corrected chi connectivity index (χ1v) is 9.90. The van der Waals surface area contributed by atoms with Gasteiger partial charge in [-0.2, -0.15) is 4.31 Å². The van der Waals surface area contributed by atoms with Gasteiger partial charge in [-0.05, 0) is 36.2 Å². The van der Waals surface area contributed by atoms with Crippen molar-refractivity contribution in [2.24, 2.45) is 0 Å². The Morgan fingerprint density at radius 1 is 1.00 bits per heavy atom. The first kappa shape index (κ1) is 18.5. The highest BCUT2D eigenvalue weighted by Crippen LogP contribution is 2.21. The molecule has 0 aromatic heterocycles. The average Bonchev–Trinajstić information content (AvgIpc) is 2.64. The van der Waals surface area contributed by atoms with Gasteiger partial charge in [-0.25, -0.2) is 12.8 Å². The molecule has 0 N–H and O–H groups in total. The minimum Gasteiger partial charge on any atom is -0.340 e. The smallest absolute Gasteiger partial charge is 0.243 e. The van der Waals surface area contributed by atoms with Crippen LogP contribution in [0.4, 0.5) is 4.39 Å². The summed E-state index contributed by atoms with van der Waals surface area (Å²) in [6, 6.07) is 12.7. The largest absolute Gasteiger partial charge is 0.340 e. The fourth-order valence-corrected chi connectivity index (χ4v) is 4.70. The van der Waals surface area contributed by atoms with Gasteiger partial charge in [0.2, 0.25) is 15.9 Å². The van der Waals surface area contributed by atoms with Crippen LogP contribution in [0.1, 0.15) is 11.1 Å². The lowest BCUT2D eigenvalue weighted by Crippen LogP contribution is -2.50. The molecule has 7 heteroatoms. The zero-order valence-corrected chi connectivity index (χ0v) is 15.4. The summed E-state index contributed by atoms with van der Waals surface area (Å²) in [4.78, 5) is 14.4. The Morgan fingerprint density at radius 2 is 1.62 bits per heavy atom. The van der Waals surface area contributed by atoms with Crippen LogP contribution in [-0.2, 0) is 21.2 Å². The van der Waals surface area contributed by atoms with Gasteiger partial charge in [0, 0.05) is 26.2 Å². The molecule has 26 heavy (non-hydrogen) atoms. The van der Waals surface area contributed by atoms with E-state index in [1.54, 1.807) is 48.2 Å². The lowest BCUT2D eigenvalue weighted by Gasteiger charge is -2.34. The number of nitrogens with zero attached hydrogens (tertiary/aromatic N) is 2. The molecule has 1 saturated heterocycles. The van der Waals surface area contributed by atoms with Crippen molar-refractivity contribution in [2.75, 3.05) is 26.2 Å². The van der Waals surface area contributed by atoms with Crippen molar-refractivity contribution >= 4 is 15.9 Å². The highest BCUT2D eigenvalue weighted by Gasteiger charge is 2.30. The quantitative estimate of drug-likeness (QED) is 0.822. The van der Waals surface area contributed by atoms with Crippen molar-refractivity contribution in [3.05, 3.63) is 65.5 Å². The number of sulfonamides is 1. The molecular weight excluding hydrogens is 355 g/mol. The van der Waals surface area contributed by atoms with Gasteiger partial charge in [-0.1, -0.05) is 30.3 Å². The lowest BCUT2D eigenvalue weighted by molar-refractivity contribution is -0.131. The van der Waals surface area contributed by atoms with Gasteiger partial charge < -0.3 is 4.90 Å². The maximum Gasteiger partial charge on any atom is 0.243 e. The predicted octanol–water partition coefficient (Wildman–Crippen LogP) is 2.21. The molecular formula is C19H21FN2O3S. The fraction of sp³-hybridized carbons (Fsp3) is 0.316. The standard InChI is InChI=1S/C19H21FN2O3S/c1-15-4-2-3-5-18(15)26(24,25)22-12-10-21(11-13-22)19(23)14-16-6-8-17(20)9-7-16/h2-9H,10-14H2,1H3. The summed E-state index contributed by atoms with van der Waals surface area (Å²) in [7, 11) is -3.55. The third kappa shape index (κ3) is 3.94. The van der Waals surface area contributed by atoms with Gasteiger partial charge in [0.15, 0.2) is 0 Å². The van der Waals surface area contributed by atoms with E-state index in [-0.39, 0.29) is 31.2 Å². The zero-order chi connectivity index (χ0) is 18.7. The first-order chi connectivity index (χ1) is 12.4. The molecule has 1 heterocycles. The van der Waals surface area contributed by atoms with Crippen molar-refractivity contribution < 1.29 is 17.6 Å². The summed E-state index contributed by atoms with van der Waals surface area (Å²) in [6.07, 6.45) is 0.185. The number of hydrogen-bond donors (Lipinski definition) is 0. The minimum atomic E-state index is -3.55. The van der Waals surface area contributed by atoms with Gasteiger partial charge in [0.25, 0.3) is 0 Å². The molecule has 0 spiro atoms. The van der Waals surface area contributed by atoms with Crippen LogP contribution in [0.15, 0.2) is 53.4 Å². The number of benzene rings is 2. The Kier molecular flexibility index (Phi) is 5.38. The van der Waals surface area contributed by atoms with Crippen molar-refractivity contribution in [2.45, 2.75) is 18.2 Å². The molecule has 0 aliphatic carbocycles. The molecule has 0 unspecified atom stereocenters. The van der Waals surface area contributed by atoms with E-state index < -0.39 is 10.0 Å². The van der Waals surface area contributed by atoms with E-state index in [0.717, 1.165) is 5.56 Å². The number of aryl methyl sites for hydroxylation is 1. The van der Waals surface area contributed by atoms with Crippen molar-refractivity contribution in [1.82, 2.24) is 9.21 Å². The molecule has 0 atom stereocenters. The number of amides is 1. The summed E-state index contributed by atoms with van der Waals surface area (Å²) in [5.41, 5.74) is 1.45. The molecule has 1 aliphatic heterocycles. The number of carbonyl (C=O) groups is 1. The summed E-state index contributed by atoms with van der Waals surface area (Å²) < 4.78 is 40.0. The van der Waals surface area contributed by atoms with Crippen LogP contribution in [0.2, 0.25) is 0 Å². The minimum absolute atomic E-state index is 0.0791. The number of halogens is 1. The summed E-state index contributed by atoms with van der Waals surface area (Å²) in [6.45, 7) is 3.02. The van der Waals surface area contributed by atoms with E-state index in [4.69, 9.17) is 0 Å². The van der Waals surface area contributed by atoms with E-state index in [1.807, 2.05) is 0 Å². The number of hydrogen-bond acceptors (Lipinski definition) is 3. The van der Waals surface area contributed by atoms with Crippen LogP contribution in [0.5, 0.6) is 0 Å². The SMILES string of the molecule is Cc1ccccc1S(=O)(=O)N1CCN(C(=O)Cc2ccc(F)cc2)CC1. The van der Waals surface area contributed by atoms with Gasteiger partial charge in [-0.3, -0.25) is 4.79 Å². The van der Waals surface area contributed by atoms with Gasteiger partial charge in [0.05, 0.1) is 11.3 Å². The average molecular weight is 376 g/mol. The lowest BCUT2D eigenvalue weighted by atomic mass is 10.1. The van der Waals surface area contributed by atoms with E-state index >= 15 is 0 Å². The van der Waals surface area contributed by atoms with E-state index in [9.17, 15) is 17.6 Å². The fourth-order valence-electron chi connectivity index (χ4n) is 3.05. The maximum absolute atomic E-state index is 12.9. The normalized spacial score (nSPS) is 15.8. The first-order valence-electron chi connectivity index (χ1n) is 8.46. The van der Waals surface area contributed by atoms with E-state index in [0.29, 0.717) is 23.5 Å². The molecule has 0 bridgehead atoms. The van der Waals surface area contributed by atoms with Crippen molar-refractivity contribution in [3.63, 3.8) is 0 Å². The Balaban J connectivity index is 1.62. The third-order valence-corrected chi connectivity index (χ3v) is 6.63. The summed E-state index contributed by atoms with van der Waals surface area (Å²) >= 11 is 0. The van der Waals surface area contributed by atoms with Crippen LogP contribution in [0.25, 0.3) is 0 Å². The van der Waals surface area contributed by atoms with Crippen LogP contribution in [0.3, 0.4) is 0 Å². The number of rotatable bonds is 4. The Labute approximate surface area is 153 Å². The maximum atomic E-state index is 12.9. The van der Waals surface area contributed by atoms with Gasteiger partial charge >= 0.3 is 0 Å². The Morgan fingerprint density at radius 3 is 2.23 bits per heavy atom. The van der Waals surface area contributed by atoms with Crippen LogP contribution in [0, 0.1) is 12.7 Å². The monoisotopic (exact) mass is 376 g/mol. The van der Waals surface area contributed by atoms with E-state index in [2.05, 4.69) is 0 Å². The molecule has 3 rings (SSSR count). The van der Waals surface area contributed by atoms with Crippen LogP contribution in [-0.4, -0.2) is 49.7 Å². The zero-order valence-electron chi connectivity index (χ0n) is 14.6.